The van der Waals surface area contributed by atoms with Crippen molar-refractivity contribution in [2.75, 3.05) is 6.61 Å². The number of aliphatic hydroxyl groups is 1. The molecule has 5 fully saturated rings. The molecule has 0 spiro atoms. The summed E-state index contributed by atoms with van der Waals surface area (Å²) in [5.41, 5.74) is 0.0454. The molecule has 5 aliphatic rings. The van der Waals surface area contributed by atoms with Gasteiger partial charge < -0.3 is 19.3 Å². The van der Waals surface area contributed by atoms with E-state index in [1.807, 2.05) is 0 Å². The van der Waals surface area contributed by atoms with Crippen LogP contribution in [0, 0.1) is 51.2 Å². The highest BCUT2D eigenvalue weighted by atomic mass is 16.6. The van der Waals surface area contributed by atoms with E-state index >= 15 is 0 Å². The molecule has 0 aromatic carbocycles. The first kappa shape index (κ1) is 25.5. The number of ether oxygens (including phenoxy) is 3. The molecule has 4 aliphatic carbocycles. The van der Waals surface area contributed by atoms with E-state index in [1.54, 1.807) is 0 Å². The Kier molecular flexibility index (Phi) is 5.96. The fraction of sp³-hybridized carbons (Fsp3) is 0.931. The number of rotatable bonds is 2. The van der Waals surface area contributed by atoms with Crippen molar-refractivity contribution in [3.63, 3.8) is 0 Å². The second-order valence-electron chi connectivity index (χ2n) is 14.0. The molecule has 0 unspecified atom stereocenters. The third-order valence-corrected chi connectivity index (χ3v) is 12.0. The Morgan fingerprint density at radius 1 is 0.857 bits per heavy atom. The van der Waals surface area contributed by atoms with E-state index in [1.165, 1.54) is 39.5 Å². The Morgan fingerprint density at radius 2 is 1.51 bits per heavy atom. The Morgan fingerprint density at radius 3 is 2.17 bits per heavy atom. The number of hydrogen-bond donors (Lipinski definition) is 1. The van der Waals surface area contributed by atoms with Crippen LogP contribution in [0.3, 0.4) is 0 Å². The monoisotopic (exact) mass is 490 g/mol. The van der Waals surface area contributed by atoms with Gasteiger partial charge in [-0.05, 0) is 72.5 Å². The number of esters is 2. The molecule has 1 N–H and O–H groups in total. The smallest absolute Gasteiger partial charge is 0.302 e. The van der Waals surface area contributed by atoms with Gasteiger partial charge in [-0.2, -0.15) is 0 Å². The predicted molar refractivity (Wildman–Crippen MR) is 131 cm³/mol. The molecule has 1 aliphatic heterocycles. The van der Waals surface area contributed by atoms with E-state index < -0.39 is 11.7 Å². The summed E-state index contributed by atoms with van der Waals surface area (Å²) in [4.78, 5) is 24.5. The fourth-order valence-electron chi connectivity index (χ4n) is 10.9. The fourth-order valence-corrected chi connectivity index (χ4v) is 10.9. The molecular weight excluding hydrogens is 444 g/mol. The summed E-state index contributed by atoms with van der Waals surface area (Å²) in [6.07, 6.45) is 6.10. The number of aliphatic hydroxyl groups excluding tert-OH is 1. The minimum Gasteiger partial charge on any atom is -0.462 e. The first-order valence-corrected chi connectivity index (χ1v) is 13.9. The molecule has 5 rings (SSSR count). The first-order valence-electron chi connectivity index (χ1n) is 13.9. The third-order valence-electron chi connectivity index (χ3n) is 12.0. The van der Waals surface area contributed by atoms with Crippen LogP contribution in [0.15, 0.2) is 0 Å². The predicted octanol–water partition coefficient (Wildman–Crippen LogP) is 5.11. The summed E-state index contributed by atoms with van der Waals surface area (Å²) in [6.45, 7) is 15.4. The Balaban J connectivity index is 1.63. The van der Waals surface area contributed by atoms with Crippen molar-refractivity contribution in [3.8, 4) is 0 Å². The van der Waals surface area contributed by atoms with Crippen molar-refractivity contribution >= 4 is 11.9 Å². The Labute approximate surface area is 210 Å². The lowest BCUT2D eigenvalue weighted by Gasteiger charge is -2.71. The summed E-state index contributed by atoms with van der Waals surface area (Å²) >= 11 is 0. The maximum absolute atomic E-state index is 12.4. The van der Waals surface area contributed by atoms with Gasteiger partial charge in [0.1, 0.15) is 12.2 Å². The number of hydrogen-bond acceptors (Lipinski definition) is 6. The normalized spacial score (nSPS) is 52.3. The summed E-state index contributed by atoms with van der Waals surface area (Å²) in [5, 5.41) is 11.1. The number of carbonyl (C=O) groups is 2. The van der Waals surface area contributed by atoms with Crippen LogP contribution in [-0.4, -0.2) is 42.1 Å². The van der Waals surface area contributed by atoms with Crippen molar-refractivity contribution in [1.29, 1.82) is 0 Å². The Bertz CT molecular complexity index is 884. The zero-order valence-corrected chi connectivity index (χ0v) is 22.8. The molecular formula is C29H46O6. The Hall–Kier alpha value is -1.14. The first-order chi connectivity index (χ1) is 16.2. The van der Waals surface area contributed by atoms with Gasteiger partial charge in [0.05, 0.1) is 6.61 Å². The van der Waals surface area contributed by atoms with Gasteiger partial charge >= 0.3 is 11.9 Å². The molecule has 6 nitrogen and oxygen atoms in total. The summed E-state index contributed by atoms with van der Waals surface area (Å²) < 4.78 is 17.9. The summed E-state index contributed by atoms with van der Waals surface area (Å²) in [5.74, 6) is 0.345. The molecule has 11 atom stereocenters. The number of carbonyl (C=O) groups excluding carboxylic acids is 2. The van der Waals surface area contributed by atoms with E-state index in [0.29, 0.717) is 23.9 Å². The van der Waals surface area contributed by atoms with Gasteiger partial charge in [0.2, 0.25) is 0 Å². The maximum Gasteiger partial charge on any atom is 0.302 e. The van der Waals surface area contributed by atoms with Crippen molar-refractivity contribution in [1.82, 2.24) is 0 Å². The second kappa shape index (κ2) is 8.18. The van der Waals surface area contributed by atoms with Crippen molar-refractivity contribution < 1.29 is 28.9 Å². The molecule has 0 aromatic rings. The van der Waals surface area contributed by atoms with Crippen LogP contribution in [0.4, 0.5) is 0 Å². The van der Waals surface area contributed by atoms with Crippen LogP contribution in [0.1, 0.15) is 93.4 Å². The van der Waals surface area contributed by atoms with Crippen LogP contribution in [0.25, 0.3) is 0 Å². The molecule has 35 heavy (non-hydrogen) atoms. The average Bonchev–Trinajstić information content (AvgIpc) is 3.13. The topological polar surface area (TPSA) is 82.1 Å². The van der Waals surface area contributed by atoms with Gasteiger partial charge in [-0.1, -0.05) is 41.0 Å². The minimum absolute atomic E-state index is 0.00967. The SMILES string of the molecule is CC(=O)O[C@H]1C[C@H]2[C@]3(C)CC[C@H]4C(C)(C)CCC[C@]4(C)[C@H]3C[C@H](OC(C)=O)[C@]2(C)[C@@H]2[C@H]1CO[C@H]2O. The lowest BCUT2D eigenvalue weighted by Crippen LogP contribution is -2.69. The molecule has 198 valence electrons. The zero-order valence-electron chi connectivity index (χ0n) is 22.8. The summed E-state index contributed by atoms with van der Waals surface area (Å²) in [7, 11) is 0. The van der Waals surface area contributed by atoms with E-state index in [0.717, 1.165) is 19.3 Å². The molecule has 6 heteroatoms. The van der Waals surface area contributed by atoms with Gasteiger partial charge in [0.25, 0.3) is 0 Å². The van der Waals surface area contributed by atoms with Crippen molar-refractivity contribution in [3.05, 3.63) is 0 Å². The largest absolute Gasteiger partial charge is 0.462 e. The molecule has 1 heterocycles. The third kappa shape index (κ3) is 3.55. The van der Waals surface area contributed by atoms with E-state index in [9.17, 15) is 14.7 Å². The van der Waals surface area contributed by atoms with Gasteiger partial charge in [0, 0.05) is 31.1 Å². The van der Waals surface area contributed by atoms with Crippen molar-refractivity contribution in [2.45, 2.75) is 112 Å². The van der Waals surface area contributed by atoms with Crippen LogP contribution < -0.4 is 0 Å². The van der Waals surface area contributed by atoms with Crippen LogP contribution in [-0.2, 0) is 23.8 Å². The van der Waals surface area contributed by atoms with Gasteiger partial charge in [-0.15, -0.1) is 0 Å². The number of fused-ring (bicyclic) bond motifs is 7. The quantitative estimate of drug-likeness (QED) is 0.542. The lowest BCUT2D eigenvalue weighted by molar-refractivity contribution is -0.277. The molecule has 0 aromatic heterocycles. The molecule has 0 bridgehead atoms. The van der Waals surface area contributed by atoms with Gasteiger partial charge in [-0.25, -0.2) is 0 Å². The van der Waals surface area contributed by atoms with E-state index in [-0.39, 0.29) is 52.7 Å². The minimum atomic E-state index is -0.940. The molecule has 4 saturated carbocycles. The van der Waals surface area contributed by atoms with E-state index in [2.05, 4.69) is 34.6 Å². The second-order valence-corrected chi connectivity index (χ2v) is 14.0. The van der Waals surface area contributed by atoms with Gasteiger partial charge in [-0.3, -0.25) is 9.59 Å². The average molecular weight is 491 g/mol. The van der Waals surface area contributed by atoms with Crippen LogP contribution in [0.5, 0.6) is 0 Å². The zero-order chi connectivity index (χ0) is 25.6. The lowest BCUT2D eigenvalue weighted by atomic mass is 9.34. The highest BCUT2D eigenvalue weighted by molar-refractivity contribution is 5.66. The highest BCUT2D eigenvalue weighted by Crippen LogP contribution is 2.74. The maximum atomic E-state index is 12.4. The standard InChI is InChI=1S/C29H46O6/c1-16(30)34-19-13-22-28(6)12-9-20-26(3,4)10-8-11-27(20,5)21(28)14-23(35-17(2)31)29(22,7)24-18(19)15-33-25(24)32/h18-25,32H,8-15H2,1-7H3/t18-,19-,20-,21+,22-,23-,24+,25+,27-,28+,29+/m0/s1. The van der Waals surface area contributed by atoms with Crippen molar-refractivity contribution in [2.24, 2.45) is 51.2 Å². The summed E-state index contributed by atoms with van der Waals surface area (Å²) in [6, 6.07) is 0. The van der Waals surface area contributed by atoms with Crippen LogP contribution >= 0.6 is 0 Å². The molecule has 1 saturated heterocycles. The molecule has 0 amide bonds. The molecule has 0 radical (unpaired) electrons. The van der Waals surface area contributed by atoms with Gasteiger partial charge in [0.15, 0.2) is 6.29 Å². The van der Waals surface area contributed by atoms with Crippen LogP contribution in [0.2, 0.25) is 0 Å². The highest BCUT2D eigenvalue weighted by Gasteiger charge is 2.72. The van der Waals surface area contributed by atoms with E-state index in [4.69, 9.17) is 14.2 Å².